The van der Waals surface area contributed by atoms with Gasteiger partial charge in [0, 0.05) is 38.4 Å². The van der Waals surface area contributed by atoms with Crippen LogP contribution in [0.3, 0.4) is 0 Å². The van der Waals surface area contributed by atoms with Gasteiger partial charge in [-0.1, -0.05) is 54.6 Å². The Morgan fingerprint density at radius 1 is 0.879 bits per heavy atom. The fourth-order valence-corrected chi connectivity index (χ4v) is 3.88. The van der Waals surface area contributed by atoms with Gasteiger partial charge in [-0.15, -0.1) is 0 Å². The van der Waals surface area contributed by atoms with Crippen LogP contribution in [0.2, 0.25) is 0 Å². The summed E-state index contributed by atoms with van der Waals surface area (Å²) in [5.41, 5.74) is 2.09. The summed E-state index contributed by atoms with van der Waals surface area (Å²) >= 11 is 0. The molecular weight excluding hydrogens is 420 g/mol. The number of amides is 1. The number of aromatic nitrogens is 2. The first-order valence-electron chi connectivity index (χ1n) is 11.1. The van der Waals surface area contributed by atoms with Crippen LogP contribution in [0.15, 0.2) is 76.4 Å². The molecule has 3 aromatic rings. The van der Waals surface area contributed by atoms with Gasteiger partial charge in [0.15, 0.2) is 0 Å². The molecular formula is C25H28N4O4. The van der Waals surface area contributed by atoms with Gasteiger partial charge < -0.3 is 10.1 Å². The van der Waals surface area contributed by atoms with Gasteiger partial charge in [0.1, 0.15) is 6.54 Å². The van der Waals surface area contributed by atoms with E-state index in [1.807, 2.05) is 48.5 Å². The average Bonchev–Trinajstić information content (AvgIpc) is 2.84. The van der Waals surface area contributed by atoms with E-state index < -0.39 is 11.2 Å². The molecule has 1 aromatic heterocycles. The molecule has 2 heterocycles. The molecule has 0 unspecified atom stereocenters. The molecule has 0 radical (unpaired) electrons. The Hall–Kier alpha value is -3.49. The van der Waals surface area contributed by atoms with Crippen LogP contribution < -0.4 is 16.6 Å². The highest BCUT2D eigenvalue weighted by molar-refractivity contribution is 5.75. The second-order valence-electron chi connectivity index (χ2n) is 8.07. The van der Waals surface area contributed by atoms with Crippen LogP contribution in [0.25, 0.3) is 0 Å². The SMILES string of the molecule is O=C(Cn1c(=O)ccn(Cc2ccccc2)c1=O)NCc1ccccc1CN1CCOCC1. The summed E-state index contributed by atoms with van der Waals surface area (Å²) in [6.07, 6.45) is 1.47. The number of morpholine rings is 1. The molecule has 1 fully saturated rings. The van der Waals surface area contributed by atoms with Crippen molar-refractivity contribution in [3.8, 4) is 0 Å². The molecule has 33 heavy (non-hydrogen) atoms. The lowest BCUT2D eigenvalue weighted by molar-refractivity contribution is -0.121. The highest BCUT2D eigenvalue weighted by atomic mass is 16.5. The maximum absolute atomic E-state index is 12.8. The van der Waals surface area contributed by atoms with Crippen molar-refractivity contribution in [2.75, 3.05) is 26.3 Å². The van der Waals surface area contributed by atoms with Crippen LogP contribution in [0.5, 0.6) is 0 Å². The third kappa shape index (κ3) is 6.06. The third-order valence-corrected chi connectivity index (χ3v) is 5.73. The molecule has 0 bridgehead atoms. The van der Waals surface area contributed by atoms with E-state index in [9.17, 15) is 14.4 Å². The zero-order valence-corrected chi connectivity index (χ0v) is 18.5. The van der Waals surface area contributed by atoms with Crippen molar-refractivity contribution in [3.63, 3.8) is 0 Å². The van der Waals surface area contributed by atoms with Crippen molar-refractivity contribution < 1.29 is 9.53 Å². The lowest BCUT2D eigenvalue weighted by Crippen LogP contribution is -2.43. The van der Waals surface area contributed by atoms with E-state index in [1.54, 1.807) is 0 Å². The van der Waals surface area contributed by atoms with Crippen LogP contribution in [0.1, 0.15) is 16.7 Å². The molecule has 4 rings (SSSR count). The van der Waals surface area contributed by atoms with Crippen LogP contribution in [-0.2, 0) is 35.7 Å². The molecule has 2 aromatic carbocycles. The molecule has 0 aliphatic carbocycles. The Labute approximate surface area is 192 Å². The average molecular weight is 449 g/mol. The lowest BCUT2D eigenvalue weighted by atomic mass is 10.1. The Kier molecular flexibility index (Phi) is 7.49. The summed E-state index contributed by atoms with van der Waals surface area (Å²) in [5, 5.41) is 2.86. The second-order valence-corrected chi connectivity index (χ2v) is 8.07. The van der Waals surface area contributed by atoms with E-state index in [-0.39, 0.29) is 12.5 Å². The first-order chi connectivity index (χ1) is 16.1. The van der Waals surface area contributed by atoms with E-state index in [2.05, 4.69) is 16.3 Å². The summed E-state index contributed by atoms with van der Waals surface area (Å²) in [5.74, 6) is -0.382. The Morgan fingerprint density at radius 2 is 1.58 bits per heavy atom. The van der Waals surface area contributed by atoms with E-state index >= 15 is 0 Å². The number of nitrogens with one attached hydrogen (secondary N) is 1. The van der Waals surface area contributed by atoms with Gasteiger partial charge in [0.25, 0.3) is 5.56 Å². The molecule has 1 N–H and O–H groups in total. The summed E-state index contributed by atoms with van der Waals surface area (Å²) in [6, 6.07) is 18.8. The van der Waals surface area contributed by atoms with Crippen LogP contribution in [0, 0.1) is 0 Å². The number of hydrogen-bond donors (Lipinski definition) is 1. The molecule has 1 amide bonds. The van der Waals surface area contributed by atoms with Gasteiger partial charge >= 0.3 is 5.69 Å². The minimum atomic E-state index is -0.505. The van der Waals surface area contributed by atoms with Gasteiger partial charge in [-0.3, -0.25) is 23.6 Å². The molecule has 0 atom stereocenters. The molecule has 8 heteroatoms. The van der Waals surface area contributed by atoms with Gasteiger partial charge in [0.2, 0.25) is 5.91 Å². The quantitative estimate of drug-likeness (QED) is 0.560. The predicted molar refractivity (Wildman–Crippen MR) is 125 cm³/mol. The van der Waals surface area contributed by atoms with Crippen molar-refractivity contribution in [1.29, 1.82) is 0 Å². The maximum atomic E-state index is 12.8. The molecule has 8 nitrogen and oxygen atoms in total. The van der Waals surface area contributed by atoms with Crippen LogP contribution >= 0.6 is 0 Å². The van der Waals surface area contributed by atoms with E-state index in [0.29, 0.717) is 13.1 Å². The standard InChI is InChI=1S/C25H28N4O4/c30-23(26-16-21-8-4-5-9-22(21)18-27-12-14-33-15-13-27)19-29-24(31)10-11-28(25(29)32)17-20-6-2-1-3-7-20/h1-11H,12-19H2,(H,26,30). The van der Waals surface area contributed by atoms with E-state index in [4.69, 9.17) is 4.74 Å². The van der Waals surface area contributed by atoms with Crippen LogP contribution in [0.4, 0.5) is 0 Å². The highest BCUT2D eigenvalue weighted by Crippen LogP contribution is 2.13. The monoisotopic (exact) mass is 448 g/mol. The van der Waals surface area contributed by atoms with Gasteiger partial charge in [-0.25, -0.2) is 4.79 Å². The predicted octanol–water partition coefficient (Wildman–Crippen LogP) is 1.21. The first kappa shape index (κ1) is 22.7. The maximum Gasteiger partial charge on any atom is 0.331 e. The molecule has 172 valence electrons. The van der Waals surface area contributed by atoms with Crippen molar-refractivity contribution >= 4 is 5.91 Å². The van der Waals surface area contributed by atoms with E-state index in [0.717, 1.165) is 54.1 Å². The first-order valence-corrected chi connectivity index (χ1v) is 11.1. The fraction of sp³-hybridized carbons (Fsp3) is 0.320. The molecule has 0 spiro atoms. The largest absolute Gasteiger partial charge is 0.379 e. The number of nitrogens with zero attached hydrogens (tertiary/aromatic N) is 3. The third-order valence-electron chi connectivity index (χ3n) is 5.73. The van der Waals surface area contributed by atoms with Crippen molar-refractivity contribution in [2.45, 2.75) is 26.2 Å². The minimum absolute atomic E-state index is 0.321. The zero-order chi connectivity index (χ0) is 23.0. The molecule has 1 aliphatic rings. The lowest BCUT2D eigenvalue weighted by Gasteiger charge is -2.27. The van der Waals surface area contributed by atoms with Crippen molar-refractivity contribution in [1.82, 2.24) is 19.4 Å². The fourth-order valence-electron chi connectivity index (χ4n) is 3.88. The van der Waals surface area contributed by atoms with Crippen molar-refractivity contribution in [3.05, 3.63) is 104 Å². The van der Waals surface area contributed by atoms with E-state index in [1.165, 1.54) is 16.8 Å². The van der Waals surface area contributed by atoms with Crippen LogP contribution in [-0.4, -0.2) is 46.2 Å². The summed E-state index contributed by atoms with van der Waals surface area (Å²) in [4.78, 5) is 40.0. The number of rotatable bonds is 8. The molecule has 1 saturated heterocycles. The normalized spacial score (nSPS) is 14.2. The molecule has 1 aliphatic heterocycles. The summed E-state index contributed by atoms with van der Waals surface area (Å²) in [7, 11) is 0. The van der Waals surface area contributed by atoms with Crippen molar-refractivity contribution in [2.24, 2.45) is 0 Å². The highest BCUT2D eigenvalue weighted by Gasteiger charge is 2.14. The number of hydrogen-bond acceptors (Lipinski definition) is 5. The Bertz CT molecular complexity index is 1200. The zero-order valence-electron chi connectivity index (χ0n) is 18.5. The second kappa shape index (κ2) is 10.9. The summed E-state index contributed by atoms with van der Waals surface area (Å²) in [6.45, 7) is 4.35. The Balaban J connectivity index is 1.41. The minimum Gasteiger partial charge on any atom is -0.379 e. The van der Waals surface area contributed by atoms with Gasteiger partial charge in [0.05, 0.1) is 19.8 Å². The Morgan fingerprint density at radius 3 is 2.33 bits per heavy atom. The number of ether oxygens (including phenoxy) is 1. The topological polar surface area (TPSA) is 85.6 Å². The number of carbonyl (C=O) groups excluding carboxylic acids is 1. The number of carbonyl (C=O) groups is 1. The molecule has 0 saturated carbocycles. The number of benzene rings is 2. The summed E-state index contributed by atoms with van der Waals surface area (Å²) < 4.78 is 7.81. The smallest absolute Gasteiger partial charge is 0.331 e. The van der Waals surface area contributed by atoms with Gasteiger partial charge in [-0.2, -0.15) is 0 Å². The van der Waals surface area contributed by atoms with Gasteiger partial charge in [-0.05, 0) is 16.7 Å².